The van der Waals surface area contributed by atoms with Crippen LogP contribution in [0.25, 0.3) is 0 Å². The molecule has 34 heavy (non-hydrogen) atoms. The quantitative estimate of drug-likeness (QED) is 0.602. The van der Waals surface area contributed by atoms with E-state index >= 15 is 0 Å². The van der Waals surface area contributed by atoms with Gasteiger partial charge in [0.25, 0.3) is 5.91 Å². The van der Waals surface area contributed by atoms with Crippen molar-refractivity contribution in [3.8, 4) is 11.5 Å². The topological polar surface area (TPSA) is 67.9 Å². The predicted octanol–water partition coefficient (Wildman–Crippen LogP) is 4.74. The van der Waals surface area contributed by atoms with E-state index in [-0.39, 0.29) is 11.8 Å². The van der Waals surface area contributed by atoms with E-state index in [2.05, 4.69) is 18.3 Å². The minimum Gasteiger partial charge on any atom is -0.493 e. The molecule has 0 aliphatic carbocycles. The smallest absolute Gasteiger partial charge is 0.254 e. The minimum absolute atomic E-state index is 0.0894. The Hall–Kier alpha value is -3.80. The third kappa shape index (κ3) is 3.50. The second-order valence-electron chi connectivity index (χ2n) is 8.66. The molecule has 6 heteroatoms. The Kier molecular flexibility index (Phi) is 5.74. The zero-order valence-electron chi connectivity index (χ0n) is 19.6. The average molecular weight is 457 g/mol. The molecule has 2 aliphatic rings. The van der Waals surface area contributed by atoms with Crippen LogP contribution >= 0.6 is 0 Å². The van der Waals surface area contributed by atoms with Crippen LogP contribution in [0.4, 0.5) is 5.69 Å². The summed E-state index contributed by atoms with van der Waals surface area (Å²) in [5.74, 6) is 0.139. The van der Waals surface area contributed by atoms with Gasteiger partial charge in [-0.05, 0) is 53.3 Å². The molecule has 174 valence electrons. The fourth-order valence-corrected chi connectivity index (χ4v) is 5.29. The highest BCUT2D eigenvalue weighted by atomic mass is 16.5. The normalized spacial score (nSPS) is 18.4. The molecule has 0 aromatic heterocycles. The van der Waals surface area contributed by atoms with E-state index in [0.29, 0.717) is 29.2 Å². The number of hydrogen-bond donors (Lipinski definition) is 1. The fraction of sp³-hybridized carbons (Fsp3) is 0.286. The van der Waals surface area contributed by atoms with Gasteiger partial charge in [-0.1, -0.05) is 49.4 Å². The highest BCUT2D eigenvalue weighted by molar-refractivity contribution is 6.05. The first-order valence-corrected chi connectivity index (χ1v) is 11.6. The van der Waals surface area contributed by atoms with Crippen LogP contribution in [-0.2, 0) is 17.6 Å². The molecule has 0 saturated heterocycles. The number of anilines is 1. The lowest BCUT2D eigenvalue weighted by Crippen LogP contribution is -2.49. The summed E-state index contributed by atoms with van der Waals surface area (Å²) < 4.78 is 11.0. The Morgan fingerprint density at radius 3 is 2.47 bits per heavy atom. The van der Waals surface area contributed by atoms with E-state index < -0.39 is 12.0 Å². The van der Waals surface area contributed by atoms with Gasteiger partial charge in [-0.3, -0.25) is 9.59 Å². The first-order chi connectivity index (χ1) is 16.6. The molecular weight excluding hydrogens is 428 g/mol. The Labute approximate surface area is 199 Å². The Morgan fingerprint density at radius 2 is 1.71 bits per heavy atom. The molecule has 3 aromatic rings. The van der Waals surface area contributed by atoms with Gasteiger partial charge in [0.1, 0.15) is 0 Å². The van der Waals surface area contributed by atoms with Crippen molar-refractivity contribution in [1.29, 1.82) is 0 Å². The molecule has 2 heterocycles. The van der Waals surface area contributed by atoms with Crippen molar-refractivity contribution >= 4 is 17.5 Å². The molecule has 0 fully saturated rings. The number of carbonyl (C=O) groups is 2. The maximum Gasteiger partial charge on any atom is 0.254 e. The van der Waals surface area contributed by atoms with E-state index in [9.17, 15) is 9.59 Å². The number of rotatable bonds is 5. The van der Waals surface area contributed by atoms with E-state index in [4.69, 9.17) is 9.47 Å². The van der Waals surface area contributed by atoms with E-state index in [1.807, 2.05) is 47.4 Å². The lowest BCUT2D eigenvalue weighted by Gasteiger charge is -2.45. The average Bonchev–Trinajstić information content (AvgIpc) is 2.88. The van der Waals surface area contributed by atoms with Gasteiger partial charge >= 0.3 is 0 Å². The van der Waals surface area contributed by atoms with E-state index in [0.717, 1.165) is 29.7 Å². The molecule has 2 aliphatic heterocycles. The number of nitrogens with one attached hydrogen (secondary N) is 1. The molecule has 0 radical (unpaired) electrons. The van der Waals surface area contributed by atoms with Crippen molar-refractivity contribution in [2.75, 3.05) is 26.1 Å². The summed E-state index contributed by atoms with van der Waals surface area (Å²) in [5.41, 5.74) is 5.20. The summed E-state index contributed by atoms with van der Waals surface area (Å²) >= 11 is 0. The Bertz CT molecular complexity index is 1270. The molecule has 0 bridgehead atoms. The molecule has 0 spiro atoms. The third-order valence-corrected chi connectivity index (χ3v) is 6.97. The lowest BCUT2D eigenvalue weighted by molar-refractivity contribution is -0.119. The highest BCUT2D eigenvalue weighted by Gasteiger charge is 2.47. The van der Waals surface area contributed by atoms with Crippen LogP contribution in [0.3, 0.4) is 0 Å². The summed E-state index contributed by atoms with van der Waals surface area (Å²) in [4.78, 5) is 29.5. The van der Waals surface area contributed by atoms with Gasteiger partial charge < -0.3 is 19.7 Å². The summed E-state index contributed by atoms with van der Waals surface area (Å²) in [6.45, 7) is 2.62. The number of para-hydroxylation sites is 1. The van der Waals surface area contributed by atoms with Crippen LogP contribution < -0.4 is 14.8 Å². The number of methoxy groups -OCH3 is 2. The van der Waals surface area contributed by atoms with Gasteiger partial charge in [0.05, 0.1) is 26.2 Å². The van der Waals surface area contributed by atoms with Crippen LogP contribution in [-0.4, -0.2) is 37.5 Å². The summed E-state index contributed by atoms with van der Waals surface area (Å²) in [5, 5.41) is 3.17. The summed E-state index contributed by atoms with van der Waals surface area (Å²) in [6, 6.07) is 19.0. The molecule has 0 saturated carbocycles. The number of nitrogens with zero attached hydrogens (tertiary/aromatic N) is 1. The first-order valence-electron chi connectivity index (χ1n) is 11.6. The zero-order valence-corrected chi connectivity index (χ0v) is 19.6. The number of benzene rings is 3. The predicted molar refractivity (Wildman–Crippen MR) is 131 cm³/mol. The van der Waals surface area contributed by atoms with Crippen LogP contribution in [0.1, 0.15) is 51.5 Å². The van der Waals surface area contributed by atoms with Gasteiger partial charge in [0, 0.05) is 17.8 Å². The van der Waals surface area contributed by atoms with E-state index in [1.165, 1.54) is 5.56 Å². The number of aryl methyl sites for hydroxylation is 1. The second kappa shape index (κ2) is 8.86. The number of fused-ring (bicyclic) bond motifs is 4. The summed E-state index contributed by atoms with van der Waals surface area (Å²) in [7, 11) is 3.10. The zero-order chi connectivity index (χ0) is 23.8. The largest absolute Gasteiger partial charge is 0.493 e. The monoisotopic (exact) mass is 456 g/mol. The maximum absolute atomic E-state index is 14.0. The molecule has 2 amide bonds. The highest BCUT2D eigenvalue weighted by Crippen LogP contribution is 2.48. The fourth-order valence-electron chi connectivity index (χ4n) is 5.29. The Balaban J connectivity index is 1.68. The van der Waals surface area contributed by atoms with Crippen molar-refractivity contribution in [2.45, 2.75) is 31.7 Å². The maximum atomic E-state index is 14.0. The van der Waals surface area contributed by atoms with Crippen molar-refractivity contribution in [3.05, 3.63) is 88.5 Å². The van der Waals surface area contributed by atoms with Gasteiger partial charge in [-0.25, -0.2) is 0 Å². The van der Waals surface area contributed by atoms with Gasteiger partial charge in [0.2, 0.25) is 5.91 Å². The molecule has 5 rings (SSSR count). The SMILES string of the molecule is CCc1ccccc1NC(=O)C1c2cc(OC)c(OC)cc2C(=O)N2CCc3ccccc3C12. The number of ether oxygens (including phenoxy) is 2. The lowest BCUT2D eigenvalue weighted by atomic mass is 9.75. The Morgan fingerprint density at radius 1 is 1.00 bits per heavy atom. The van der Waals surface area contributed by atoms with Crippen LogP contribution in [0.15, 0.2) is 60.7 Å². The van der Waals surface area contributed by atoms with Crippen LogP contribution in [0.2, 0.25) is 0 Å². The molecule has 1 N–H and O–H groups in total. The summed E-state index contributed by atoms with van der Waals surface area (Å²) in [6.07, 6.45) is 1.56. The third-order valence-electron chi connectivity index (χ3n) is 6.97. The molecule has 3 aromatic carbocycles. The van der Waals surface area contributed by atoms with Gasteiger partial charge in [-0.15, -0.1) is 0 Å². The minimum atomic E-state index is -0.598. The first kappa shape index (κ1) is 22.0. The van der Waals surface area contributed by atoms with Crippen molar-refractivity contribution in [1.82, 2.24) is 4.90 Å². The van der Waals surface area contributed by atoms with Crippen LogP contribution in [0.5, 0.6) is 11.5 Å². The standard InChI is InChI=1S/C28H28N2O4/c1-4-17-9-6-8-12-22(17)29-27(31)25-20-15-23(33-2)24(34-3)16-21(20)28(32)30-14-13-18-10-5-7-11-19(18)26(25)30/h5-12,15-16,25-26H,4,13-14H2,1-3H3,(H,29,31). The van der Waals surface area contributed by atoms with Crippen molar-refractivity contribution < 1.29 is 19.1 Å². The number of hydrogen-bond acceptors (Lipinski definition) is 4. The van der Waals surface area contributed by atoms with Crippen molar-refractivity contribution in [2.24, 2.45) is 0 Å². The molecule has 2 atom stereocenters. The molecular formula is C28H28N2O4. The van der Waals surface area contributed by atoms with Crippen LogP contribution in [0, 0.1) is 0 Å². The van der Waals surface area contributed by atoms with Gasteiger partial charge in [-0.2, -0.15) is 0 Å². The second-order valence-corrected chi connectivity index (χ2v) is 8.66. The molecule has 6 nitrogen and oxygen atoms in total. The number of carbonyl (C=O) groups excluding carboxylic acids is 2. The number of amides is 2. The molecule has 2 unspecified atom stereocenters. The van der Waals surface area contributed by atoms with Crippen molar-refractivity contribution in [3.63, 3.8) is 0 Å². The van der Waals surface area contributed by atoms with Gasteiger partial charge in [0.15, 0.2) is 11.5 Å². The van der Waals surface area contributed by atoms with E-state index in [1.54, 1.807) is 26.4 Å².